The van der Waals surface area contributed by atoms with Gasteiger partial charge in [-0.15, -0.1) is 0 Å². The molecule has 4 nitrogen and oxygen atoms in total. The zero-order chi connectivity index (χ0) is 26.7. The predicted molar refractivity (Wildman–Crippen MR) is 123 cm³/mol. The maximum atomic E-state index is 14.3. The third-order valence-corrected chi connectivity index (χ3v) is 5.95. The first-order valence-corrected chi connectivity index (χ1v) is 11.4. The monoisotopic (exact) mass is 521 g/mol. The topological polar surface area (TPSA) is 48.4 Å². The highest BCUT2D eigenvalue weighted by molar-refractivity contribution is 5.96. The van der Waals surface area contributed by atoms with E-state index in [0.717, 1.165) is 24.3 Å². The molecule has 3 aromatic rings. The molecule has 0 saturated carbocycles. The van der Waals surface area contributed by atoms with Crippen LogP contribution in [0.4, 0.5) is 26.3 Å². The number of allylic oxidation sites excluding steroid dienone is 2. The minimum Gasteiger partial charge on any atom is -0.472 e. The summed E-state index contributed by atoms with van der Waals surface area (Å²) in [6.45, 7) is 1.01. The lowest BCUT2D eigenvalue weighted by Crippen LogP contribution is -2.10. The summed E-state index contributed by atoms with van der Waals surface area (Å²) >= 11 is 0. The van der Waals surface area contributed by atoms with Crippen LogP contribution in [0.2, 0.25) is 0 Å². The van der Waals surface area contributed by atoms with Crippen molar-refractivity contribution in [3.63, 3.8) is 0 Å². The fourth-order valence-electron chi connectivity index (χ4n) is 4.19. The van der Waals surface area contributed by atoms with Crippen molar-refractivity contribution in [2.24, 2.45) is 0 Å². The van der Waals surface area contributed by atoms with E-state index in [1.165, 1.54) is 18.2 Å². The third-order valence-electron chi connectivity index (χ3n) is 5.95. The highest BCUT2D eigenvalue weighted by Gasteiger charge is 2.33. The van der Waals surface area contributed by atoms with Crippen molar-refractivity contribution in [2.75, 3.05) is 6.61 Å². The smallest absolute Gasteiger partial charge is 0.417 e. The molecule has 4 rings (SSSR count). The molecule has 37 heavy (non-hydrogen) atoms. The Morgan fingerprint density at radius 3 is 2.35 bits per heavy atom. The molecule has 10 heteroatoms. The van der Waals surface area contributed by atoms with Crippen molar-refractivity contribution in [2.45, 2.75) is 39.0 Å². The summed E-state index contributed by atoms with van der Waals surface area (Å²) in [5, 5.41) is 0. The molecular weight excluding hydrogens is 500 g/mol. The fraction of sp³-hybridized carbons (Fsp3) is 0.259. The SMILES string of the molecule is CCOC(=O)c1cc(C2=C(c3cc(C(F)(F)F)cnc3OCc3c(F)cccc3F)CCC2)ccc1F. The quantitative estimate of drug-likeness (QED) is 0.241. The summed E-state index contributed by atoms with van der Waals surface area (Å²) in [4.78, 5) is 16.0. The average molecular weight is 521 g/mol. The van der Waals surface area contributed by atoms with Crippen LogP contribution in [-0.2, 0) is 17.5 Å². The van der Waals surface area contributed by atoms with Gasteiger partial charge in [0.2, 0.25) is 5.88 Å². The maximum Gasteiger partial charge on any atom is 0.417 e. The van der Waals surface area contributed by atoms with Crippen molar-refractivity contribution in [1.82, 2.24) is 4.98 Å². The lowest BCUT2D eigenvalue weighted by atomic mass is 9.95. The Hall–Kier alpha value is -3.82. The van der Waals surface area contributed by atoms with E-state index in [2.05, 4.69) is 4.98 Å². The Bertz CT molecular complexity index is 1350. The first-order valence-electron chi connectivity index (χ1n) is 11.4. The number of rotatable bonds is 7. The van der Waals surface area contributed by atoms with Gasteiger partial charge in [-0.25, -0.2) is 22.9 Å². The van der Waals surface area contributed by atoms with Gasteiger partial charge in [-0.2, -0.15) is 13.2 Å². The molecule has 1 aromatic heterocycles. The van der Waals surface area contributed by atoms with E-state index in [0.29, 0.717) is 42.2 Å². The summed E-state index contributed by atoms with van der Waals surface area (Å²) in [5.41, 5.74) is -0.267. The second-order valence-electron chi connectivity index (χ2n) is 8.29. The first kappa shape index (κ1) is 26.2. The van der Waals surface area contributed by atoms with Gasteiger partial charge in [0, 0.05) is 11.8 Å². The molecule has 0 N–H and O–H groups in total. The predicted octanol–water partition coefficient (Wildman–Crippen LogP) is 7.37. The van der Waals surface area contributed by atoms with Gasteiger partial charge < -0.3 is 9.47 Å². The highest BCUT2D eigenvalue weighted by atomic mass is 19.4. The number of pyridine rings is 1. The number of carbonyl (C=O) groups is 1. The van der Waals surface area contributed by atoms with Gasteiger partial charge in [0.15, 0.2) is 0 Å². The molecule has 0 aliphatic heterocycles. The van der Waals surface area contributed by atoms with Gasteiger partial charge in [-0.3, -0.25) is 0 Å². The number of nitrogens with zero attached hydrogens (tertiary/aromatic N) is 1. The van der Waals surface area contributed by atoms with Gasteiger partial charge in [0.05, 0.1) is 23.3 Å². The van der Waals surface area contributed by atoms with E-state index in [1.807, 2.05) is 0 Å². The van der Waals surface area contributed by atoms with Crippen LogP contribution in [0.5, 0.6) is 5.88 Å². The maximum absolute atomic E-state index is 14.3. The van der Waals surface area contributed by atoms with E-state index in [9.17, 15) is 31.1 Å². The Balaban J connectivity index is 1.80. The number of carbonyl (C=O) groups excluding carboxylic acids is 1. The number of alkyl halides is 3. The number of ether oxygens (including phenoxy) is 2. The second-order valence-corrected chi connectivity index (χ2v) is 8.29. The molecule has 0 fully saturated rings. The van der Waals surface area contributed by atoms with Crippen LogP contribution in [0.15, 0.2) is 48.7 Å². The average Bonchev–Trinajstić information content (AvgIpc) is 3.33. The molecule has 0 unspecified atom stereocenters. The number of hydrogen-bond donors (Lipinski definition) is 0. The minimum absolute atomic E-state index is 0.00100. The van der Waals surface area contributed by atoms with E-state index < -0.39 is 47.3 Å². The number of hydrogen-bond acceptors (Lipinski definition) is 4. The van der Waals surface area contributed by atoms with Crippen LogP contribution in [0.3, 0.4) is 0 Å². The van der Waals surface area contributed by atoms with Crippen molar-refractivity contribution < 1.29 is 40.6 Å². The normalized spacial score (nSPS) is 13.7. The second kappa shape index (κ2) is 10.7. The molecule has 0 amide bonds. The van der Waals surface area contributed by atoms with Crippen LogP contribution in [0.25, 0.3) is 11.1 Å². The van der Waals surface area contributed by atoms with E-state index in [1.54, 1.807) is 6.92 Å². The molecule has 194 valence electrons. The standard InChI is InChI=1S/C27H21F6NO3/c1-2-36-26(35)20-11-15(9-10-24(20)30)17-5-3-6-18(17)19-12-16(27(31,32)33)13-34-25(19)37-14-21-22(28)7-4-8-23(21)29/h4,7-13H,2-3,5-6,14H2,1H3. The summed E-state index contributed by atoms with van der Waals surface area (Å²) in [7, 11) is 0. The summed E-state index contributed by atoms with van der Waals surface area (Å²) in [5.74, 6) is -3.63. The fourth-order valence-corrected chi connectivity index (χ4v) is 4.19. The van der Waals surface area contributed by atoms with Crippen molar-refractivity contribution in [3.05, 3.63) is 93.9 Å². The van der Waals surface area contributed by atoms with Crippen molar-refractivity contribution >= 4 is 17.1 Å². The zero-order valence-corrected chi connectivity index (χ0v) is 19.6. The van der Waals surface area contributed by atoms with Crippen molar-refractivity contribution in [1.29, 1.82) is 0 Å². The van der Waals surface area contributed by atoms with Gasteiger partial charge in [0.25, 0.3) is 0 Å². The van der Waals surface area contributed by atoms with Crippen LogP contribution in [-0.4, -0.2) is 17.6 Å². The van der Waals surface area contributed by atoms with Gasteiger partial charge in [-0.1, -0.05) is 12.1 Å². The largest absolute Gasteiger partial charge is 0.472 e. The number of halogens is 6. The molecule has 1 aliphatic carbocycles. The Kier molecular flexibility index (Phi) is 7.56. The van der Waals surface area contributed by atoms with Crippen LogP contribution < -0.4 is 4.74 Å². The highest BCUT2D eigenvalue weighted by Crippen LogP contribution is 2.44. The van der Waals surface area contributed by atoms with Crippen LogP contribution in [0.1, 0.15) is 58.8 Å². The number of benzene rings is 2. The molecular formula is C27H21F6NO3. The Morgan fingerprint density at radius 2 is 1.68 bits per heavy atom. The minimum atomic E-state index is -4.70. The summed E-state index contributed by atoms with van der Waals surface area (Å²) in [6.07, 6.45) is -2.78. The summed E-state index contributed by atoms with van der Waals surface area (Å²) in [6, 6.07) is 7.94. The molecule has 2 aromatic carbocycles. The Morgan fingerprint density at radius 1 is 0.973 bits per heavy atom. The molecule has 0 bridgehead atoms. The molecule has 0 saturated heterocycles. The van der Waals surface area contributed by atoms with E-state index in [-0.39, 0.29) is 23.6 Å². The lowest BCUT2D eigenvalue weighted by molar-refractivity contribution is -0.137. The van der Waals surface area contributed by atoms with E-state index >= 15 is 0 Å². The third kappa shape index (κ3) is 5.63. The van der Waals surface area contributed by atoms with Gasteiger partial charge in [-0.05, 0) is 73.2 Å². The van der Waals surface area contributed by atoms with Crippen LogP contribution in [0, 0.1) is 17.5 Å². The van der Waals surface area contributed by atoms with Crippen molar-refractivity contribution in [3.8, 4) is 5.88 Å². The van der Waals surface area contributed by atoms with Crippen LogP contribution >= 0.6 is 0 Å². The molecule has 0 atom stereocenters. The number of esters is 1. The Labute approximate surface area is 208 Å². The van der Waals surface area contributed by atoms with Gasteiger partial charge in [0.1, 0.15) is 24.1 Å². The molecule has 1 heterocycles. The molecule has 0 spiro atoms. The number of aromatic nitrogens is 1. The first-order chi connectivity index (χ1) is 17.6. The van der Waals surface area contributed by atoms with E-state index in [4.69, 9.17) is 9.47 Å². The van der Waals surface area contributed by atoms with Gasteiger partial charge >= 0.3 is 12.1 Å². The molecule has 1 aliphatic rings. The lowest BCUT2D eigenvalue weighted by Gasteiger charge is -2.17. The zero-order valence-electron chi connectivity index (χ0n) is 19.6. The molecule has 0 radical (unpaired) electrons. The summed E-state index contributed by atoms with van der Waals surface area (Å²) < 4.78 is 93.5.